The van der Waals surface area contributed by atoms with Gasteiger partial charge in [0.15, 0.2) is 0 Å². The molecule has 1 aliphatic carbocycles. The molecule has 0 bridgehead atoms. The van der Waals surface area contributed by atoms with Crippen molar-refractivity contribution in [3.05, 3.63) is 23.5 Å². The van der Waals surface area contributed by atoms with Gasteiger partial charge >= 0.3 is 0 Å². The van der Waals surface area contributed by atoms with Gasteiger partial charge < -0.3 is 16.8 Å². The van der Waals surface area contributed by atoms with E-state index in [1.807, 2.05) is 0 Å². The van der Waals surface area contributed by atoms with Crippen LogP contribution in [0.2, 0.25) is 0 Å². The predicted octanol–water partition coefficient (Wildman–Crippen LogP) is 1.86. The standard InChI is InChI=1S/C12H16FN3O/c13-9-6-10(14)8(12(15)17)5-11(9)16-7-3-1-2-4-7/h5-7,16H,1-4,14H2,(H2,15,17). The van der Waals surface area contributed by atoms with Crippen LogP contribution >= 0.6 is 0 Å². The van der Waals surface area contributed by atoms with Crippen LogP contribution in [0.3, 0.4) is 0 Å². The fourth-order valence-corrected chi connectivity index (χ4v) is 2.20. The number of benzene rings is 1. The van der Waals surface area contributed by atoms with Gasteiger partial charge in [-0.25, -0.2) is 4.39 Å². The van der Waals surface area contributed by atoms with Gasteiger partial charge in [-0.1, -0.05) is 12.8 Å². The third-order valence-electron chi connectivity index (χ3n) is 3.12. The van der Waals surface area contributed by atoms with Crippen LogP contribution in [-0.4, -0.2) is 11.9 Å². The van der Waals surface area contributed by atoms with E-state index in [2.05, 4.69) is 5.32 Å². The summed E-state index contributed by atoms with van der Waals surface area (Å²) < 4.78 is 13.7. The van der Waals surface area contributed by atoms with Crippen molar-refractivity contribution in [2.45, 2.75) is 31.7 Å². The number of carbonyl (C=O) groups excluding carboxylic acids is 1. The Morgan fingerprint density at radius 1 is 1.35 bits per heavy atom. The van der Waals surface area contributed by atoms with E-state index in [0.29, 0.717) is 5.69 Å². The van der Waals surface area contributed by atoms with Crippen molar-refractivity contribution in [1.82, 2.24) is 0 Å². The topological polar surface area (TPSA) is 81.1 Å². The second-order valence-corrected chi connectivity index (χ2v) is 4.41. The molecule has 0 saturated heterocycles. The fraction of sp³-hybridized carbons (Fsp3) is 0.417. The van der Waals surface area contributed by atoms with E-state index in [1.54, 1.807) is 0 Å². The van der Waals surface area contributed by atoms with E-state index < -0.39 is 11.7 Å². The zero-order valence-corrected chi connectivity index (χ0v) is 9.50. The highest BCUT2D eigenvalue weighted by Gasteiger charge is 2.18. The number of amides is 1. The Labute approximate surface area is 99.2 Å². The summed E-state index contributed by atoms with van der Waals surface area (Å²) in [7, 11) is 0. The van der Waals surface area contributed by atoms with Gasteiger partial charge in [0.05, 0.1) is 11.3 Å². The average Bonchev–Trinajstić information content (AvgIpc) is 2.74. The number of halogens is 1. The van der Waals surface area contributed by atoms with Crippen molar-refractivity contribution >= 4 is 17.3 Å². The molecule has 5 heteroatoms. The van der Waals surface area contributed by atoms with E-state index in [4.69, 9.17) is 11.5 Å². The molecule has 0 aromatic heterocycles. The normalized spacial score (nSPS) is 16.1. The summed E-state index contributed by atoms with van der Waals surface area (Å²) in [5.41, 5.74) is 11.2. The molecule has 4 nitrogen and oxygen atoms in total. The Balaban J connectivity index is 2.26. The van der Waals surface area contributed by atoms with E-state index in [0.717, 1.165) is 31.7 Å². The first-order chi connectivity index (χ1) is 8.08. The highest BCUT2D eigenvalue weighted by molar-refractivity contribution is 5.99. The second kappa shape index (κ2) is 4.61. The maximum Gasteiger partial charge on any atom is 0.250 e. The maximum atomic E-state index is 13.7. The molecule has 0 spiro atoms. The molecular weight excluding hydrogens is 221 g/mol. The summed E-state index contributed by atoms with van der Waals surface area (Å²) in [4.78, 5) is 11.1. The first-order valence-corrected chi connectivity index (χ1v) is 5.73. The summed E-state index contributed by atoms with van der Waals surface area (Å²) >= 11 is 0. The van der Waals surface area contributed by atoms with Crippen molar-refractivity contribution in [1.29, 1.82) is 0 Å². The molecule has 1 aromatic rings. The van der Waals surface area contributed by atoms with Crippen LogP contribution in [0.5, 0.6) is 0 Å². The number of hydrogen-bond donors (Lipinski definition) is 3. The van der Waals surface area contributed by atoms with Crippen LogP contribution < -0.4 is 16.8 Å². The lowest BCUT2D eigenvalue weighted by Crippen LogP contribution is -2.18. The van der Waals surface area contributed by atoms with E-state index in [9.17, 15) is 9.18 Å². The van der Waals surface area contributed by atoms with Crippen molar-refractivity contribution in [2.75, 3.05) is 11.1 Å². The number of hydrogen-bond acceptors (Lipinski definition) is 3. The largest absolute Gasteiger partial charge is 0.398 e. The van der Waals surface area contributed by atoms with Gasteiger partial charge in [0.1, 0.15) is 5.82 Å². The molecule has 0 aliphatic heterocycles. The second-order valence-electron chi connectivity index (χ2n) is 4.41. The third-order valence-corrected chi connectivity index (χ3v) is 3.12. The van der Waals surface area contributed by atoms with Crippen LogP contribution in [0.25, 0.3) is 0 Å². The summed E-state index contributed by atoms with van der Waals surface area (Å²) in [5.74, 6) is -1.09. The zero-order chi connectivity index (χ0) is 12.4. The number of nitrogens with one attached hydrogen (secondary N) is 1. The molecule has 1 aromatic carbocycles. The minimum absolute atomic E-state index is 0.0759. The molecule has 5 N–H and O–H groups in total. The molecule has 0 unspecified atom stereocenters. The van der Waals surface area contributed by atoms with E-state index >= 15 is 0 Å². The van der Waals surface area contributed by atoms with Gasteiger partial charge in [-0.3, -0.25) is 4.79 Å². The summed E-state index contributed by atoms with van der Waals surface area (Å²) in [6.07, 6.45) is 4.35. The fourth-order valence-electron chi connectivity index (χ4n) is 2.20. The first-order valence-electron chi connectivity index (χ1n) is 5.73. The zero-order valence-electron chi connectivity index (χ0n) is 9.50. The SMILES string of the molecule is NC(=O)c1cc(NC2CCCC2)c(F)cc1N. The van der Waals surface area contributed by atoms with Crippen LogP contribution in [0.4, 0.5) is 15.8 Å². The molecule has 17 heavy (non-hydrogen) atoms. The smallest absolute Gasteiger partial charge is 0.250 e. The van der Waals surface area contributed by atoms with Gasteiger partial charge in [-0.05, 0) is 25.0 Å². The molecule has 1 fully saturated rings. The van der Waals surface area contributed by atoms with Crippen LogP contribution in [0.15, 0.2) is 12.1 Å². The highest BCUT2D eigenvalue weighted by atomic mass is 19.1. The Morgan fingerprint density at radius 3 is 2.59 bits per heavy atom. The first kappa shape index (κ1) is 11.7. The average molecular weight is 237 g/mol. The van der Waals surface area contributed by atoms with Gasteiger partial charge in [-0.15, -0.1) is 0 Å². The summed E-state index contributed by atoms with van der Waals surface area (Å²) in [6, 6.07) is 2.80. The molecule has 0 radical (unpaired) electrons. The van der Waals surface area contributed by atoms with Crippen LogP contribution in [0.1, 0.15) is 36.0 Å². The molecular formula is C12H16FN3O. The summed E-state index contributed by atoms with van der Waals surface area (Å²) in [5, 5.41) is 3.09. The number of rotatable bonds is 3. The monoisotopic (exact) mass is 237 g/mol. The lowest BCUT2D eigenvalue weighted by Gasteiger charge is -2.15. The van der Waals surface area contributed by atoms with Crippen molar-refractivity contribution < 1.29 is 9.18 Å². The number of nitrogen functional groups attached to an aromatic ring is 1. The minimum atomic E-state index is -0.642. The van der Waals surface area contributed by atoms with Crippen LogP contribution in [-0.2, 0) is 0 Å². The maximum absolute atomic E-state index is 13.7. The van der Waals surface area contributed by atoms with Gasteiger partial charge in [0.25, 0.3) is 5.91 Å². The number of anilines is 2. The van der Waals surface area contributed by atoms with E-state index in [-0.39, 0.29) is 17.3 Å². The van der Waals surface area contributed by atoms with Crippen molar-refractivity contribution in [3.63, 3.8) is 0 Å². The predicted molar refractivity (Wildman–Crippen MR) is 65.2 cm³/mol. The Kier molecular flexibility index (Phi) is 3.17. The Morgan fingerprint density at radius 2 is 2.00 bits per heavy atom. The van der Waals surface area contributed by atoms with Gasteiger partial charge in [0.2, 0.25) is 0 Å². The lowest BCUT2D eigenvalue weighted by atomic mass is 10.1. The quantitative estimate of drug-likeness (QED) is 0.702. The summed E-state index contributed by atoms with van der Waals surface area (Å²) in [6.45, 7) is 0. The Hall–Kier alpha value is -1.78. The molecule has 1 aliphatic rings. The minimum Gasteiger partial charge on any atom is -0.398 e. The van der Waals surface area contributed by atoms with Gasteiger partial charge in [0, 0.05) is 11.7 Å². The number of carbonyl (C=O) groups is 1. The molecule has 1 saturated carbocycles. The molecule has 0 heterocycles. The number of nitrogens with two attached hydrogens (primary N) is 2. The van der Waals surface area contributed by atoms with E-state index in [1.165, 1.54) is 6.07 Å². The number of primary amides is 1. The van der Waals surface area contributed by atoms with Crippen molar-refractivity contribution in [3.8, 4) is 0 Å². The third kappa shape index (κ3) is 2.49. The molecule has 0 atom stereocenters. The molecule has 1 amide bonds. The van der Waals surface area contributed by atoms with Crippen molar-refractivity contribution in [2.24, 2.45) is 5.73 Å². The highest BCUT2D eigenvalue weighted by Crippen LogP contribution is 2.26. The molecule has 2 rings (SSSR count). The van der Waals surface area contributed by atoms with Gasteiger partial charge in [-0.2, -0.15) is 0 Å². The lowest BCUT2D eigenvalue weighted by molar-refractivity contribution is 0.100. The molecule has 92 valence electrons. The van der Waals surface area contributed by atoms with Crippen LogP contribution in [0, 0.1) is 5.82 Å². The Bertz CT molecular complexity index is 442.